The van der Waals surface area contributed by atoms with Crippen LogP contribution in [-0.2, 0) is 0 Å². The van der Waals surface area contributed by atoms with Crippen molar-refractivity contribution in [2.45, 2.75) is 5.16 Å². The van der Waals surface area contributed by atoms with Gasteiger partial charge < -0.3 is 0 Å². The molecule has 3 heterocycles. The third-order valence-electron chi connectivity index (χ3n) is 2.23. The second-order valence-corrected chi connectivity index (χ2v) is 4.78. The van der Waals surface area contributed by atoms with Crippen molar-refractivity contribution in [1.82, 2.24) is 24.6 Å². The number of hydrogen-bond acceptors (Lipinski definition) is 5. The third-order valence-corrected chi connectivity index (χ3v) is 3.37. The Kier molecular flexibility index (Phi) is 2.29. The summed E-state index contributed by atoms with van der Waals surface area (Å²) in [6, 6.07) is 1.95. The van der Waals surface area contributed by atoms with Crippen molar-refractivity contribution >= 4 is 44.4 Å². The van der Waals surface area contributed by atoms with Gasteiger partial charge in [0.2, 0.25) is 0 Å². The molecule has 0 aromatic carbocycles. The van der Waals surface area contributed by atoms with E-state index in [9.17, 15) is 0 Å². The molecular formula is C9H6BrN5S. The quantitative estimate of drug-likeness (QED) is 0.509. The molecule has 16 heavy (non-hydrogen) atoms. The molecule has 0 saturated carbocycles. The van der Waals surface area contributed by atoms with E-state index in [2.05, 4.69) is 36.1 Å². The number of halogens is 1. The topological polar surface area (TPSA) is 56.0 Å². The fourth-order valence-electron chi connectivity index (χ4n) is 1.51. The molecule has 3 rings (SSSR count). The Bertz CT molecular complexity index is 680. The minimum Gasteiger partial charge on any atom is -0.264 e. The number of aromatic nitrogens is 5. The molecule has 0 aliphatic heterocycles. The summed E-state index contributed by atoms with van der Waals surface area (Å²) in [6.45, 7) is 0. The second-order valence-electron chi connectivity index (χ2n) is 3.15. The first-order valence-electron chi connectivity index (χ1n) is 4.48. The summed E-state index contributed by atoms with van der Waals surface area (Å²) in [5.74, 6) is 0. The highest BCUT2D eigenvalue weighted by Crippen LogP contribution is 2.23. The number of fused-ring (bicyclic) bond motifs is 3. The Balaban J connectivity index is 2.50. The fraction of sp³-hybridized carbons (Fsp3) is 0.111. The summed E-state index contributed by atoms with van der Waals surface area (Å²) in [6.07, 6.45) is 5.40. The number of hydrogen-bond donors (Lipinski definition) is 0. The van der Waals surface area contributed by atoms with Crippen LogP contribution in [0.5, 0.6) is 0 Å². The van der Waals surface area contributed by atoms with Gasteiger partial charge in [0.1, 0.15) is 6.33 Å². The van der Waals surface area contributed by atoms with Gasteiger partial charge in [-0.05, 0) is 28.3 Å². The molecule has 3 aromatic heterocycles. The first-order valence-corrected chi connectivity index (χ1v) is 6.50. The number of nitrogens with zero attached hydrogens (tertiary/aromatic N) is 5. The Hall–Kier alpha value is -1.21. The molecule has 0 N–H and O–H groups in total. The van der Waals surface area contributed by atoms with E-state index >= 15 is 0 Å². The molecule has 7 heteroatoms. The van der Waals surface area contributed by atoms with Gasteiger partial charge >= 0.3 is 0 Å². The van der Waals surface area contributed by atoms with Crippen LogP contribution in [0, 0.1) is 0 Å². The van der Waals surface area contributed by atoms with E-state index in [4.69, 9.17) is 0 Å². The molecule has 0 amide bonds. The van der Waals surface area contributed by atoms with Crippen molar-refractivity contribution in [3.05, 3.63) is 23.1 Å². The first kappa shape index (κ1) is 9.98. The zero-order valence-electron chi connectivity index (χ0n) is 8.25. The number of rotatable bonds is 1. The van der Waals surface area contributed by atoms with Crippen LogP contribution in [0.15, 0.2) is 28.2 Å². The highest BCUT2D eigenvalue weighted by molar-refractivity contribution is 9.10. The molecule has 0 bridgehead atoms. The van der Waals surface area contributed by atoms with Crippen LogP contribution in [0.4, 0.5) is 0 Å². The largest absolute Gasteiger partial charge is 0.264 e. The number of pyridine rings is 1. The summed E-state index contributed by atoms with van der Waals surface area (Å²) >= 11 is 4.96. The molecule has 5 nitrogen and oxygen atoms in total. The van der Waals surface area contributed by atoms with Gasteiger partial charge in [0.15, 0.2) is 16.5 Å². The smallest absolute Gasteiger partial charge is 0.189 e. The standard InChI is InChI=1S/C9H6BrN5S/c1-16-9-11-3-5-2-6(10)8-14-12-4-15(8)7(5)13-9/h2-4H,1H3. The van der Waals surface area contributed by atoms with Crippen LogP contribution in [-0.4, -0.2) is 30.8 Å². The molecule has 0 spiro atoms. The SMILES string of the molecule is CSc1ncc2cc(Br)c3nncn3c2n1. The summed E-state index contributed by atoms with van der Waals surface area (Å²) < 4.78 is 2.74. The molecule has 0 aliphatic rings. The Labute approximate surface area is 103 Å². The molecular weight excluding hydrogens is 290 g/mol. The van der Waals surface area contributed by atoms with E-state index in [-0.39, 0.29) is 0 Å². The summed E-state index contributed by atoms with van der Waals surface area (Å²) in [5.41, 5.74) is 1.58. The molecule has 0 saturated heterocycles. The zero-order chi connectivity index (χ0) is 11.1. The zero-order valence-corrected chi connectivity index (χ0v) is 10.7. The highest BCUT2D eigenvalue weighted by atomic mass is 79.9. The fourth-order valence-corrected chi connectivity index (χ4v) is 2.37. The predicted molar refractivity (Wildman–Crippen MR) is 65.6 cm³/mol. The molecule has 0 unspecified atom stereocenters. The lowest BCUT2D eigenvalue weighted by Crippen LogP contribution is -1.94. The molecule has 0 radical (unpaired) electrons. The van der Waals surface area contributed by atoms with Crippen LogP contribution < -0.4 is 0 Å². The van der Waals surface area contributed by atoms with E-state index in [0.29, 0.717) is 0 Å². The average Bonchev–Trinajstić information content (AvgIpc) is 2.78. The van der Waals surface area contributed by atoms with E-state index in [0.717, 1.165) is 26.3 Å². The van der Waals surface area contributed by atoms with Gasteiger partial charge in [0, 0.05) is 11.6 Å². The molecule has 80 valence electrons. The van der Waals surface area contributed by atoms with Crippen molar-refractivity contribution in [2.75, 3.05) is 6.26 Å². The predicted octanol–water partition coefficient (Wildman–Crippen LogP) is 2.16. The minimum atomic E-state index is 0.741. The van der Waals surface area contributed by atoms with E-state index in [1.165, 1.54) is 11.8 Å². The van der Waals surface area contributed by atoms with Crippen molar-refractivity contribution in [1.29, 1.82) is 0 Å². The maximum Gasteiger partial charge on any atom is 0.189 e. The van der Waals surface area contributed by atoms with Crippen LogP contribution in [0.25, 0.3) is 16.7 Å². The van der Waals surface area contributed by atoms with E-state index < -0.39 is 0 Å². The minimum absolute atomic E-state index is 0.741. The average molecular weight is 296 g/mol. The molecule has 0 atom stereocenters. The van der Waals surface area contributed by atoms with Gasteiger partial charge in [0.05, 0.1) is 4.47 Å². The lowest BCUT2D eigenvalue weighted by molar-refractivity contribution is 0.978. The van der Waals surface area contributed by atoms with Gasteiger partial charge in [0.25, 0.3) is 0 Å². The van der Waals surface area contributed by atoms with Gasteiger partial charge in [-0.25, -0.2) is 9.97 Å². The number of thioether (sulfide) groups is 1. The Morgan fingerprint density at radius 2 is 2.25 bits per heavy atom. The maximum atomic E-state index is 4.45. The molecule has 0 fully saturated rings. The van der Waals surface area contributed by atoms with Gasteiger partial charge in [-0.2, -0.15) is 0 Å². The van der Waals surface area contributed by atoms with Crippen molar-refractivity contribution in [3.63, 3.8) is 0 Å². The van der Waals surface area contributed by atoms with E-state index in [1.807, 2.05) is 16.7 Å². The third kappa shape index (κ3) is 1.39. The van der Waals surface area contributed by atoms with Gasteiger partial charge in [-0.15, -0.1) is 10.2 Å². The monoisotopic (exact) mass is 295 g/mol. The second kappa shape index (κ2) is 3.67. The Morgan fingerprint density at radius 3 is 3.06 bits per heavy atom. The lowest BCUT2D eigenvalue weighted by atomic mass is 10.3. The molecule has 0 aliphatic carbocycles. The van der Waals surface area contributed by atoms with Crippen LogP contribution in [0.3, 0.4) is 0 Å². The normalized spacial score (nSPS) is 11.4. The van der Waals surface area contributed by atoms with Crippen LogP contribution in [0.2, 0.25) is 0 Å². The van der Waals surface area contributed by atoms with Crippen LogP contribution >= 0.6 is 27.7 Å². The first-order chi connectivity index (χ1) is 7.79. The Morgan fingerprint density at radius 1 is 1.38 bits per heavy atom. The van der Waals surface area contributed by atoms with Crippen molar-refractivity contribution in [2.24, 2.45) is 0 Å². The van der Waals surface area contributed by atoms with Gasteiger partial charge in [-0.1, -0.05) is 11.8 Å². The van der Waals surface area contributed by atoms with Gasteiger partial charge in [-0.3, -0.25) is 4.40 Å². The summed E-state index contributed by atoms with van der Waals surface area (Å²) in [5, 5.41) is 9.60. The van der Waals surface area contributed by atoms with Crippen LogP contribution in [0.1, 0.15) is 0 Å². The van der Waals surface area contributed by atoms with E-state index in [1.54, 1.807) is 12.5 Å². The molecule has 3 aromatic rings. The summed E-state index contributed by atoms with van der Waals surface area (Å²) in [4.78, 5) is 8.68. The summed E-state index contributed by atoms with van der Waals surface area (Å²) in [7, 11) is 0. The highest BCUT2D eigenvalue weighted by Gasteiger charge is 2.08. The lowest BCUT2D eigenvalue weighted by Gasteiger charge is -2.03. The maximum absolute atomic E-state index is 4.45. The van der Waals surface area contributed by atoms with Crippen molar-refractivity contribution < 1.29 is 0 Å². The van der Waals surface area contributed by atoms with Crippen molar-refractivity contribution in [3.8, 4) is 0 Å².